The molecule has 0 aliphatic carbocycles. The molecule has 1 saturated heterocycles. The first-order valence-corrected chi connectivity index (χ1v) is 7.91. The van der Waals surface area contributed by atoms with Crippen LogP contribution in [0.4, 0.5) is 0 Å². The van der Waals surface area contributed by atoms with Crippen molar-refractivity contribution < 1.29 is 0 Å². The Morgan fingerprint density at radius 2 is 1.95 bits per heavy atom. The molecular weight excluding hydrogens is 318 g/mol. The van der Waals surface area contributed by atoms with Crippen LogP contribution in [0.25, 0.3) is 11.0 Å². The van der Waals surface area contributed by atoms with Gasteiger partial charge < -0.3 is 9.47 Å². The van der Waals surface area contributed by atoms with E-state index in [9.17, 15) is 4.79 Å². The predicted molar refractivity (Wildman–Crippen MR) is 84.0 cm³/mol. The van der Waals surface area contributed by atoms with E-state index in [0.717, 1.165) is 41.7 Å². The van der Waals surface area contributed by atoms with E-state index in [1.165, 1.54) is 19.3 Å². The Morgan fingerprint density at radius 3 is 2.75 bits per heavy atom. The van der Waals surface area contributed by atoms with Gasteiger partial charge in [-0.1, -0.05) is 6.42 Å². The largest absolute Gasteiger partial charge is 0.305 e. The van der Waals surface area contributed by atoms with Gasteiger partial charge in [-0.2, -0.15) is 0 Å². The molecule has 20 heavy (non-hydrogen) atoms. The minimum Gasteiger partial charge on any atom is -0.305 e. The van der Waals surface area contributed by atoms with E-state index in [1.807, 2.05) is 10.6 Å². The number of aromatic nitrogens is 2. The molecule has 0 unspecified atom stereocenters. The maximum absolute atomic E-state index is 12.1. The molecule has 2 aromatic rings. The van der Waals surface area contributed by atoms with Gasteiger partial charge in [0.2, 0.25) is 0 Å². The third-order valence-electron chi connectivity index (χ3n) is 3.89. The van der Waals surface area contributed by atoms with Gasteiger partial charge >= 0.3 is 0 Å². The van der Waals surface area contributed by atoms with Crippen molar-refractivity contribution in [2.24, 2.45) is 0 Å². The van der Waals surface area contributed by atoms with Crippen molar-refractivity contribution in [2.45, 2.75) is 25.8 Å². The Labute approximate surface area is 126 Å². The topological polar surface area (TPSA) is 38.1 Å². The van der Waals surface area contributed by atoms with Crippen LogP contribution in [0.3, 0.4) is 0 Å². The van der Waals surface area contributed by atoms with Crippen molar-refractivity contribution in [1.29, 1.82) is 0 Å². The zero-order valence-corrected chi connectivity index (χ0v) is 13.0. The number of fused-ring (bicyclic) bond motifs is 1. The van der Waals surface area contributed by atoms with Gasteiger partial charge in [-0.05, 0) is 54.0 Å². The van der Waals surface area contributed by atoms with E-state index in [0.29, 0.717) is 0 Å². The monoisotopic (exact) mass is 335 g/mol. The normalized spacial score (nSPS) is 16.6. The summed E-state index contributed by atoms with van der Waals surface area (Å²) in [6.07, 6.45) is 5.65. The Morgan fingerprint density at radius 1 is 1.15 bits per heavy atom. The van der Waals surface area contributed by atoms with Crippen molar-refractivity contribution in [2.75, 3.05) is 19.6 Å². The van der Waals surface area contributed by atoms with Crippen molar-refractivity contribution in [1.82, 2.24) is 14.5 Å². The molecule has 1 aliphatic rings. The summed E-state index contributed by atoms with van der Waals surface area (Å²) in [5.74, 6) is 0. The zero-order valence-electron chi connectivity index (χ0n) is 11.4. The smallest absolute Gasteiger partial charge is 0.251 e. The molecule has 0 radical (unpaired) electrons. The van der Waals surface area contributed by atoms with Crippen LogP contribution in [-0.4, -0.2) is 34.1 Å². The first kappa shape index (κ1) is 13.8. The number of hydrogen-bond donors (Lipinski definition) is 0. The first-order chi connectivity index (χ1) is 9.74. The molecule has 0 atom stereocenters. The number of pyridine rings is 2. The third-order valence-corrected chi connectivity index (χ3v) is 4.33. The summed E-state index contributed by atoms with van der Waals surface area (Å²) in [7, 11) is 0. The molecule has 0 bridgehead atoms. The summed E-state index contributed by atoms with van der Waals surface area (Å²) in [5.41, 5.74) is 1.82. The summed E-state index contributed by atoms with van der Waals surface area (Å²) in [5, 5.41) is 0. The van der Waals surface area contributed by atoms with Gasteiger partial charge in [0.05, 0.1) is 11.0 Å². The van der Waals surface area contributed by atoms with Gasteiger partial charge in [0, 0.05) is 29.8 Å². The van der Waals surface area contributed by atoms with Crippen LogP contribution in [-0.2, 0) is 6.54 Å². The Bertz CT molecular complexity index is 662. The summed E-state index contributed by atoms with van der Waals surface area (Å²) in [4.78, 5) is 18.9. The SMILES string of the molecule is O=c1ccc2ncc(Br)cc2n1CCN1CCCCC1. The Balaban J connectivity index is 1.87. The second-order valence-corrected chi connectivity index (χ2v) is 6.20. The van der Waals surface area contributed by atoms with Crippen molar-refractivity contribution in [3.8, 4) is 0 Å². The van der Waals surface area contributed by atoms with Crippen LogP contribution in [0.1, 0.15) is 19.3 Å². The molecule has 0 aromatic carbocycles. The highest BCUT2D eigenvalue weighted by atomic mass is 79.9. The molecule has 0 spiro atoms. The molecule has 5 heteroatoms. The molecule has 3 rings (SSSR count). The van der Waals surface area contributed by atoms with Gasteiger partial charge in [-0.3, -0.25) is 9.78 Å². The summed E-state index contributed by atoms with van der Waals surface area (Å²) in [6.45, 7) is 3.97. The maximum atomic E-state index is 12.1. The lowest BCUT2D eigenvalue weighted by Crippen LogP contribution is -2.34. The Kier molecular flexibility index (Phi) is 4.17. The highest BCUT2D eigenvalue weighted by molar-refractivity contribution is 9.10. The van der Waals surface area contributed by atoms with Crippen LogP contribution in [0, 0.1) is 0 Å². The van der Waals surface area contributed by atoms with E-state index in [1.54, 1.807) is 18.3 Å². The fraction of sp³-hybridized carbons (Fsp3) is 0.467. The standard InChI is InChI=1S/C15H18BrN3O/c16-12-10-14-13(17-11-12)4-5-15(20)19(14)9-8-18-6-2-1-3-7-18/h4-5,10-11H,1-3,6-9H2. The molecule has 1 aliphatic heterocycles. The van der Waals surface area contributed by atoms with Gasteiger partial charge in [0.15, 0.2) is 0 Å². The van der Waals surface area contributed by atoms with Crippen LogP contribution in [0.2, 0.25) is 0 Å². The number of rotatable bonds is 3. The zero-order chi connectivity index (χ0) is 13.9. The average molecular weight is 336 g/mol. The molecule has 106 valence electrons. The van der Waals surface area contributed by atoms with Gasteiger partial charge in [-0.15, -0.1) is 0 Å². The molecule has 0 N–H and O–H groups in total. The van der Waals surface area contributed by atoms with E-state index in [-0.39, 0.29) is 5.56 Å². The molecule has 4 nitrogen and oxygen atoms in total. The van der Waals surface area contributed by atoms with E-state index in [2.05, 4.69) is 25.8 Å². The van der Waals surface area contributed by atoms with Crippen molar-refractivity contribution in [3.63, 3.8) is 0 Å². The minimum atomic E-state index is 0.0504. The van der Waals surface area contributed by atoms with E-state index >= 15 is 0 Å². The average Bonchev–Trinajstić information content (AvgIpc) is 2.47. The number of hydrogen-bond acceptors (Lipinski definition) is 3. The number of piperidine rings is 1. The summed E-state index contributed by atoms with van der Waals surface area (Å²) in [6, 6.07) is 5.38. The third kappa shape index (κ3) is 2.94. The van der Waals surface area contributed by atoms with Crippen molar-refractivity contribution in [3.05, 3.63) is 39.2 Å². The quantitative estimate of drug-likeness (QED) is 0.865. The predicted octanol–water partition coefficient (Wildman–Crippen LogP) is 2.64. The van der Waals surface area contributed by atoms with E-state index in [4.69, 9.17) is 0 Å². The van der Waals surface area contributed by atoms with Gasteiger partial charge in [-0.25, -0.2) is 0 Å². The number of halogens is 1. The van der Waals surface area contributed by atoms with Gasteiger partial charge in [0.25, 0.3) is 5.56 Å². The van der Waals surface area contributed by atoms with Crippen molar-refractivity contribution >= 4 is 27.0 Å². The molecular formula is C15H18BrN3O. The molecule has 1 fully saturated rings. The second kappa shape index (κ2) is 6.06. The number of likely N-dealkylation sites (tertiary alicyclic amines) is 1. The lowest BCUT2D eigenvalue weighted by atomic mass is 10.1. The van der Waals surface area contributed by atoms with Gasteiger partial charge in [0.1, 0.15) is 0 Å². The van der Waals surface area contributed by atoms with Crippen LogP contribution in [0.5, 0.6) is 0 Å². The maximum Gasteiger partial charge on any atom is 0.251 e. The van der Waals surface area contributed by atoms with Crippen LogP contribution >= 0.6 is 15.9 Å². The lowest BCUT2D eigenvalue weighted by Gasteiger charge is -2.26. The van der Waals surface area contributed by atoms with Crippen LogP contribution < -0.4 is 5.56 Å². The Hall–Kier alpha value is -1.20. The molecule has 0 saturated carbocycles. The highest BCUT2D eigenvalue weighted by Gasteiger charge is 2.11. The highest BCUT2D eigenvalue weighted by Crippen LogP contribution is 2.16. The lowest BCUT2D eigenvalue weighted by molar-refractivity contribution is 0.221. The van der Waals surface area contributed by atoms with E-state index < -0.39 is 0 Å². The molecule has 0 amide bonds. The second-order valence-electron chi connectivity index (χ2n) is 5.28. The summed E-state index contributed by atoms with van der Waals surface area (Å²) >= 11 is 3.43. The fourth-order valence-electron chi connectivity index (χ4n) is 2.80. The number of nitrogens with zero attached hydrogens (tertiary/aromatic N) is 3. The first-order valence-electron chi connectivity index (χ1n) is 7.11. The molecule has 2 aromatic heterocycles. The fourth-order valence-corrected chi connectivity index (χ4v) is 3.12. The molecule has 3 heterocycles. The minimum absolute atomic E-state index is 0.0504. The van der Waals surface area contributed by atoms with Crippen LogP contribution in [0.15, 0.2) is 33.7 Å². The summed E-state index contributed by atoms with van der Waals surface area (Å²) < 4.78 is 2.74.